The van der Waals surface area contributed by atoms with Crippen LogP contribution in [0.2, 0.25) is 0 Å². The Labute approximate surface area is 161 Å². The van der Waals surface area contributed by atoms with Crippen molar-refractivity contribution in [3.05, 3.63) is 24.3 Å². The Bertz CT molecular complexity index is 721. The van der Waals surface area contributed by atoms with Crippen molar-refractivity contribution in [3.63, 3.8) is 0 Å². The minimum absolute atomic E-state index is 0.107. The number of hydrogen-bond acceptors (Lipinski definition) is 6. The largest absolute Gasteiger partial charge is 0.444 e. The maximum atomic E-state index is 12.1. The van der Waals surface area contributed by atoms with Crippen LogP contribution in [0.15, 0.2) is 29.2 Å². The van der Waals surface area contributed by atoms with Crippen LogP contribution in [0, 0.1) is 0 Å². The van der Waals surface area contributed by atoms with Gasteiger partial charge < -0.3 is 15.0 Å². The number of primary sulfonamides is 1. The standard InChI is InChI=1S/C18H30N4O4S/c1-18(2,3)26-17(23)22-13-11-21(12-14-22)10-4-9-20-15-5-7-16(8-6-15)27(19,24)25/h5-8,20H,4,9-14H2,1-3H3,(H2,19,24,25). The van der Waals surface area contributed by atoms with E-state index in [9.17, 15) is 13.2 Å². The number of nitrogens with one attached hydrogen (secondary N) is 1. The summed E-state index contributed by atoms with van der Waals surface area (Å²) in [6.07, 6.45) is 0.704. The Morgan fingerprint density at radius 2 is 1.74 bits per heavy atom. The molecule has 0 unspecified atom stereocenters. The molecule has 0 spiro atoms. The Balaban J connectivity index is 1.65. The maximum absolute atomic E-state index is 12.1. The lowest BCUT2D eigenvalue weighted by molar-refractivity contribution is 0.0145. The van der Waals surface area contributed by atoms with E-state index in [0.717, 1.165) is 38.3 Å². The number of hydrogen-bond donors (Lipinski definition) is 2. The summed E-state index contributed by atoms with van der Waals surface area (Å²) in [6, 6.07) is 6.40. The van der Waals surface area contributed by atoms with Crippen molar-refractivity contribution in [2.24, 2.45) is 5.14 Å². The lowest BCUT2D eigenvalue weighted by atomic mass is 10.2. The highest BCUT2D eigenvalue weighted by atomic mass is 32.2. The Morgan fingerprint density at radius 1 is 1.15 bits per heavy atom. The second kappa shape index (κ2) is 8.90. The second-order valence-corrected chi connectivity index (χ2v) is 9.22. The van der Waals surface area contributed by atoms with Crippen LogP contribution >= 0.6 is 0 Å². The van der Waals surface area contributed by atoms with Crippen LogP contribution < -0.4 is 10.5 Å². The van der Waals surface area contributed by atoms with Crippen molar-refractivity contribution >= 4 is 21.8 Å². The molecule has 0 atom stereocenters. The molecule has 2 rings (SSSR count). The first-order valence-electron chi connectivity index (χ1n) is 9.12. The summed E-state index contributed by atoms with van der Waals surface area (Å²) < 4.78 is 27.9. The normalized spacial score (nSPS) is 16.2. The summed E-state index contributed by atoms with van der Waals surface area (Å²) in [5.41, 5.74) is 0.393. The van der Waals surface area contributed by atoms with E-state index in [4.69, 9.17) is 9.88 Å². The summed E-state index contributed by atoms with van der Waals surface area (Å²) in [4.78, 5) is 16.2. The van der Waals surface area contributed by atoms with Crippen molar-refractivity contribution in [1.82, 2.24) is 9.80 Å². The van der Waals surface area contributed by atoms with Gasteiger partial charge in [0.05, 0.1) is 4.90 Å². The molecule has 152 valence electrons. The number of nitrogens with zero attached hydrogens (tertiary/aromatic N) is 2. The lowest BCUT2D eigenvalue weighted by Crippen LogP contribution is -2.50. The van der Waals surface area contributed by atoms with Gasteiger partial charge in [0.15, 0.2) is 0 Å². The highest BCUT2D eigenvalue weighted by Gasteiger charge is 2.25. The predicted molar refractivity (Wildman–Crippen MR) is 105 cm³/mol. The first-order valence-corrected chi connectivity index (χ1v) is 10.7. The zero-order valence-corrected chi connectivity index (χ0v) is 17.1. The fraction of sp³-hybridized carbons (Fsp3) is 0.611. The molecule has 0 aromatic heterocycles. The number of anilines is 1. The minimum atomic E-state index is -3.65. The topological polar surface area (TPSA) is 105 Å². The van der Waals surface area contributed by atoms with Gasteiger partial charge in [-0.15, -0.1) is 0 Å². The van der Waals surface area contributed by atoms with Crippen molar-refractivity contribution < 1.29 is 17.9 Å². The average Bonchev–Trinajstić information content (AvgIpc) is 2.57. The molecule has 1 fully saturated rings. The Hall–Kier alpha value is -1.84. The molecule has 27 heavy (non-hydrogen) atoms. The van der Waals surface area contributed by atoms with Gasteiger partial charge in [-0.1, -0.05) is 0 Å². The molecule has 0 saturated carbocycles. The third-order valence-electron chi connectivity index (χ3n) is 4.19. The van der Waals surface area contributed by atoms with Crippen LogP contribution in [-0.4, -0.2) is 69.2 Å². The fourth-order valence-corrected chi connectivity index (χ4v) is 3.29. The van der Waals surface area contributed by atoms with Crippen LogP contribution in [0.5, 0.6) is 0 Å². The van der Waals surface area contributed by atoms with Crippen LogP contribution in [0.1, 0.15) is 27.2 Å². The van der Waals surface area contributed by atoms with Gasteiger partial charge in [-0.2, -0.15) is 0 Å². The van der Waals surface area contributed by atoms with Crippen molar-refractivity contribution in [2.45, 2.75) is 37.7 Å². The zero-order valence-electron chi connectivity index (χ0n) is 16.3. The third kappa shape index (κ3) is 7.36. The summed E-state index contributed by atoms with van der Waals surface area (Å²) in [5.74, 6) is 0. The highest BCUT2D eigenvalue weighted by Crippen LogP contribution is 2.14. The SMILES string of the molecule is CC(C)(C)OC(=O)N1CCN(CCCNc2ccc(S(N)(=O)=O)cc2)CC1. The number of carbonyl (C=O) groups is 1. The van der Waals surface area contributed by atoms with Gasteiger partial charge in [-0.05, 0) is 58.0 Å². The number of sulfonamides is 1. The van der Waals surface area contributed by atoms with E-state index in [2.05, 4.69) is 10.2 Å². The van der Waals surface area contributed by atoms with Gasteiger partial charge >= 0.3 is 6.09 Å². The highest BCUT2D eigenvalue weighted by molar-refractivity contribution is 7.89. The molecule has 1 aromatic rings. The van der Waals surface area contributed by atoms with Gasteiger partial charge in [0.1, 0.15) is 5.60 Å². The minimum Gasteiger partial charge on any atom is -0.444 e. The van der Waals surface area contributed by atoms with E-state index in [-0.39, 0.29) is 11.0 Å². The quantitative estimate of drug-likeness (QED) is 0.707. The van der Waals surface area contributed by atoms with Gasteiger partial charge in [0.2, 0.25) is 10.0 Å². The monoisotopic (exact) mass is 398 g/mol. The Morgan fingerprint density at radius 3 is 2.26 bits per heavy atom. The molecule has 1 heterocycles. The van der Waals surface area contributed by atoms with Crippen LogP contribution in [0.3, 0.4) is 0 Å². The van der Waals surface area contributed by atoms with Crippen LogP contribution in [0.25, 0.3) is 0 Å². The van der Waals surface area contributed by atoms with E-state index in [1.807, 2.05) is 20.8 Å². The molecule has 1 amide bonds. The number of amides is 1. The summed E-state index contributed by atoms with van der Waals surface area (Å²) in [6.45, 7) is 10.4. The van der Waals surface area contributed by atoms with Crippen LogP contribution in [-0.2, 0) is 14.8 Å². The number of rotatable bonds is 6. The number of carbonyl (C=O) groups excluding carboxylic acids is 1. The van der Waals surface area contributed by atoms with Crippen molar-refractivity contribution in [1.29, 1.82) is 0 Å². The van der Waals surface area contributed by atoms with Crippen LogP contribution in [0.4, 0.5) is 10.5 Å². The molecule has 3 N–H and O–H groups in total. The van der Waals surface area contributed by atoms with Crippen molar-refractivity contribution in [3.8, 4) is 0 Å². The van der Waals surface area contributed by atoms with E-state index >= 15 is 0 Å². The van der Waals surface area contributed by atoms with E-state index in [0.29, 0.717) is 13.1 Å². The molecule has 1 aliphatic heterocycles. The van der Waals surface area contributed by atoms with E-state index < -0.39 is 15.6 Å². The van der Waals surface area contributed by atoms with Gasteiger partial charge in [-0.3, -0.25) is 4.90 Å². The predicted octanol–water partition coefficient (Wildman–Crippen LogP) is 1.69. The summed E-state index contributed by atoms with van der Waals surface area (Å²) in [7, 11) is -3.65. The molecule has 0 radical (unpaired) electrons. The van der Waals surface area contributed by atoms with E-state index in [1.54, 1.807) is 17.0 Å². The fourth-order valence-electron chi connectivity index (χ4n) is 2.78. The number of nitrogens with two attached hydrogens (primary N) is 1. The first kappa shape index (κ1) is 21.5. The summed E-state index contributed by atoms with van der Waals surface area (Å²) in [5, 5.41) is 8.35. The smallest absolute Gasteiger partial charge is 0.410 e. The number of benzene rings is 1. The maximum Gasteiger partial charge on any atom is 0.410 e. The molecular formula is C18H30N4O4S. The number of piperazine rings is 1. The lowest BCUT2D eigenvalue weighted by Gasteiger charge is -2.35. The first-order chi connectivity index (χ1) is 12.5. The Kier molecular flexibility index (Phi) is 7.07. The zero-order chi connectivity index (χ0) is 20.1. The third-order valence-corrected chi connectivity index (χ3v) is 5.12. The molecule has 1 saturated heterocycles. The molecule has 8 nitrogen and oxygen atoms in total. The molecule has 9 heteroatoms. The van der Waals surface area contributed by atoms with Gasteiger partial charge in [0.25, 0.3) is 0 Å². The number of ether oxygens (including phenoxy) is 1. The molecule has 0 bridgehead atoms. The van der Waals surface area contributed by atoms with Gasteiger partial charge in [0, 0.05) is 38.4 Å². The molecule has 1 aliphatic rings. The van der Waals surface area contributed by atoms with Crippen molar-refractivity contribution in [2.75, 3.05) is 44.6 Å². The molecule has 0 aliphatic carbocycles. The summed E-state index contributed by atoms with van der Waals surface area (Å²) >= 11 is 0. The van der Waals surface area contributed by atoms with Gasteiger partial charge in [-0.25, -0.2) is 18.4 Å². The second-order valence-electron chi connectivity index (χ2n) is 7.66. The molecular weight excluding hydrogens is 368 g/mol. The van der Waals surface area contributed by atoms with E-state index in [1.165, 1.54) is 12.1 Å². The molecule has 1 aromatic carbocycles. The average molecular weight is 399 g/mol.